The fourth-order valence-corrected chi connectivity index (χ4v) is 3.23. The Morgan fingerprint density at radius 1 is 1.45 bits per heavy atom. The van der Waals surface area contributed by atoms with Crippen molar-refractivity contribution < 1.29 is 9.59 Å². The van der Waals surface area contributed by atoms with Crippen molar-refractivity contribution >= 4 is 28.3 Å². The number of nitrogens with one attached hydrogen (secondary N) is 1. The minimum Gasteiger partial charge on any atom is -0.339 e. The van der Waals surface area contributed by atoms with E-state index in [0.717, 1.165) is 11.4 Å². The van der Waals surface area contributed by atoms with Gasteiger partial charge in [0.25, 0.3) is 0 Å². The Balaban J connectivity index is 2.00. The van der Waals surface area contributed by atoms with Crippen LogP contribution in [0.1, 0.15) is 52.5 Å². The van der Waals surface area contributed by atoms with Gasteiger partial charge in [-0.3, -0.25) is 9.59 Å². The van der Waals surface area contributed by atoms with Crippen LogP contribution in [0.15, 0.2) is 0 Å². The summed E-state index contributed by atoms with van der Waals surface area (Å²) in [5.41, 5.74) is -0.0432. The lowest BCUT2D eigenvalue weighted by Crippen LogP contribution is -2.33. The number of likely N-dealkylation sites (tertiary alicyclic amines) is 1. The molecule has 22 heavy (non-hydrogen) atoms. The molecule has 0 bridgehead atoms. The number of amides is 2. The lowest BCUT2D eigenvalue weighted by atomic mass is 9.91. The molecule has 0 aliphatic carbocycles. The summed E-state index contributed by atoms with van der Waals surface area (Å²) >= 11 is 1.41. The quantitative estimate of drug-likeness (QED) is 0.902. The number of carbonyl (C=O) groups is 2. The van der Waals surface area contributed by atoms with Gasteiger partial charge in [0.05, 0.1) is 5.92 Å². The number of aromatic nitrogens is 2. The van der Waals surface area contributed by atoms with Crippen LogP contribution in [-0.2, 0) is 15.0 Å². The molecule has 1 saturated heterocycles. The second kappa shape index (κ2) is 6.32. The van der Waals surface area contributed by atoms with Crippen molar-refractivity contribution in [3.63, 3.8) is 0 Å². The summed E-state index contributed by atoms with van der Waals surface area (Å²) in [5.74, 6) is -0.407. The van der Waals surface area contributed by atoms with Gasteiger partial charge in [0.15, 0.2) is 0 Å². The zero-order valence-electron chi connectivity index (χ0n) is 13.8. The normalized spacial score (nSPS) is 19.1. The molecule has 6 nitrogen and oxygen atoms in total. The van der Waals surface area contributed by atoms with Gasteiger partial charge in [0, 0.05) is 24.4 Å². The van der Waals surface area contributed by atoms with E-state index < -0.39 is 0 Å². The first-order valence-corrected chi connectivity index (χ1v) is 8.50. The zero-order valence-corrected chi connectivity index (χ0v) is 14.7. The van der Waals surface area contributed by atoms with Crippen LogP contribution in [-0.4, -0.2) is 39.5 Å². The first-order valence-electron chi connectivity index (χ1n) is 7.69. The van der Waals surface area contributed by atoms with E-state index in [0.29, 0.717) is 11.7 Å². The topological polar surface area (TPSA) is 75.2 Å². The second-order valence-corrected chi connectivity index (χ2v) is 7.66. The van der Waals surface area contributed by atoms with Crippen molar-refractivity contribution in [2.24, 2.45) is 5.92 Å². The standard InChI is InChI=1S/C15H24N4O2S/c1-6-15(4,5)13-17-18-14(22-13)16-12(21)10-7-11(20)19(8-10)9(2)3/h9-10H,6-8H2,1-5H3,(H,16,18,21)/t10-/m0/s1. The Kier molecular flexibility index (Phi) is 4.84. The highest BCUT2D eigenvalue weighted by Gasteiger charge is 2.36. The molecule has 0 unspecified atom stereocenters. The van der Waals surface area contributed by atoms with Crippen molar-refractivity contribution in [3.8, 4) is 0 Å². The Bertz CT molecular complexity index is 568. The van der Waals surface area contributed by atoms with Gasteiger partial charge in [-0.1, -0.05) is 32.1 Å². The first kappa shape index (κ1) is 16.9. The summed E-state index contributed by atoms with van der Waals surface area (Å²) in [5, 5.41) is 12.5. The monoisotopic (exact) mass is 324 g/mol. The van der Waals surface area contributed by atoms with Crippen LogP contribution >= 0.6 is 11.3 Å². The van der Waals surface area contributed by atoms with Gasteiger partial charge in [0.2, 0.25) is 16.9 Å². The Hall–Kier alpha value is -1.50. The fraction of sp³-hybridized carbons (Fsp3) is 0.733. The average molecular weight is 324 g/mol. The molecule has 1 aromatic rings. The molecule has 0 saturated carbocycles. The third-order valence-corrected chi connectivity index (χ3v) is 5.48. The lowest BCUT2D eigenvalue weighted by Gasteiger charge is -2.20. The van der Waals surface area contributed by atoms with E-state index >= 15 is 0 Å². The molecule has 1 N–H and O–H groups in total. The maximum Gasteiger partial charge on any atom is 0.231 e. The van der Waals surface area contributed by atoms with Crippen LogP contribution in [0.3, 0.4) is 0 Å². The van der Waals surface area contributed by atoms with Crippen molar-refractivity contribution in [2.75, 3.05) is 11.9 Å². The molecule has 2 heterocycles. The Labute approximate surface area is 135 Å². The highest BCUT2D eigenvalue weighted by molar-refractivity contribution is 7.15. The SMILES string of the molecule is CCC(C)(C)c1nnc(NC(=O)[C@H]2CC(=O)N(C(C)C)C2)s1. The summed E-state index contributed by atoms with van der Waals surface area (Å²) < 4.78 is 0. The number of carbonyl (C=O) groups excluding carboxylic acids is 2. The molecular weight excluding hydrogens is 300 g/mol. The molecule has 0 spiro atoms. The summed E-state index contributed by atoms with van der Waals surface area (Å²) in [6.07, 6.45) is 1.23. The molecule has 2 amide bonds. The number of hydrogen-bond donors (Lipinski definition) is 1. The highest BCUT2D eigenvalue weighted by atomic mass is 32.1. The van der Waals surface area contributed by atoms with Crippen LogP contribution in [0.5, 0.6) is 0 Å². The second-order valence-electron chi connectivity index (χ2n) is 6.68. The van der Waals surface area contributed by atoms with Crippen LogP contribution in [0.25, 0.3) is 0 Å². The number of rotatable bonds is 5. The third kappa shape index (κ3) is 3.45. The minimum absolute atomic E-state index is 0.0419. The molecule has 1 aromatic heterocycles. The largest absolute Gasteiger partial charge is 0.339 e. The highest BCUT2D eigenvalue weighted by Crippen LogP contribution is 2.31. The van der Waals surface area contributed by atoms with Crippen molar-refractivity contribution in [1.82, 2.24) is 15.1 Å². The molecule has 1 aliphatic heterocycles. The first-order chi connectivity index (χ1) is 10.2. The summed E-state index contributed by atoms with van der Waals surface area (Å²) in [6, 6.07) is 0.129. The van der Waals surface area contributed by atoms with Gasteiger partial charge >= 0.3 is 0 Å². The lowest BCUT2D eigenvalue weighted by molar-refractivity contribution is -0.129. The van der Waals surface area contributed by atoms with E-state index in [9.17, 15) is 9.59 Å². The van der Waals surface area contributed by atoms with Crippen LogP contribution in [0.4, 0.5) is 5.13 Å². The molecule has 0 radical (unpaired) electrons. The number of nitrogens with zero attached hydrogens (tertiary/aromatic N) is 3. The van der Waals surface area contributed by atoms with Crippen molar-refractivity contribution in [1.29, 1.82) is 0 Å². The fourth-order valence-electron chi connectivity index (χ4n) is 2.31. The number of anilines is 1. The Morgan fingerprint density at radius 2 is 2.14 bits per heavy atom. The van der Waals surface area contributed by atoms with E-state index in [-0.39, 0.29) is 35.6 Å². The molecule has 1 aliphatic rings. The molecule has 1 atom stereocenters. The molecule has 0 aromatic carbocycles. The molecule has 122 valence electrons. The smallest absolute Gasteiger partial charge is 0.231 e. The van der Waals surface area contributed by atoms with Gasteiger partial charge in [0.1, 0.15) is 5.01 Å². The van der Waals surface area contributed by atoms with E-state index in [1.807, 2.05) is 13.8 Å². The van der Waals surface area contributed by atoms with Gasteiger partial charge in [-0.2, -0.15) is 0 Å². The van der Waals surface area contributed by atoms with E-state index in [1.54, 1.807) is 4.90 Å². The van der Waals surface area contributed by atoms with Gasteiger partial charge < -0.3 is 10.2 Å². The molecule has 1 fully saturated rings. The average Bonchev–Trinajstić information content (AvgIpc) is 3.05. The van der Waals surface area contributed by atoms with Gasteiger partial charge in [-0.25, -0.2) is 0 Å². The van der Waals surface area contributed by atoms with Gasteiger partial charge in [-0.05, 0) is 20.3 Å². The van der Waals surface area contributed by atoms with E-state index in [2.05, 4.69) is 36.3 Å². The third-order valence-electron chi connectivity index (χ3n) is 4.27. The predicted molar refractivity (Wildman–Crippen MR) is 86.8 cm³/mol. The Morgan fingerprint density at radius 3 is 2.68 bits per heavy atom. The van der Waals surface area contributed by atoms with E-state index in [4.69, 9.17) is 0 Å². The van der Waals surface area contributed by atoms with Gasteiger partial charge in [-0.15, -0.1) is 10.2 Å². The maximum atomic E-state index is 12.3. The van der Waals surface area contributed by atoms with Crippen molar-refractivity contribution in [2.45, 2.75) is 58.9 Å². The summed E-state index contributed by atoms with van der Waals surface area (Å²) in [7, 11) is 0. The maximum absolute atomic E-state index is 12.3. The molecular formula is C15H24N4O2S. The number of hydrogen-bond acceptors (Lipinski definition) is 5. The van der Waals surface area contributed by atoms with Crippen LogP contribution in [0.2, 0.25) is 0 Å². The van der Waals surface area contributed by atoms with Crippen LogP contribution in [0, 0.1) is 5.92 Å². The summed E-state index contributed by atoms with van der Waals surface area (Å²) in [4.78, 5) is 25.9. The molecule has 2 rings (SSSR count). The predicted octanol–water partition coefficient (Wildman–Crippen LogP) is 2.42. The van der Waals surface area contributed by atoms with Crippen LogP contribution < -0.4 is 5.32 Å². The van der Waals surface area contributed by atoms with Crippen molar-refractivity contribution in [3.05, 3.63) is 5.01 Å². The zero-order chi connectivity index (χ0) is 16.5. The van der Waals surface area contributed by atoms with E-state index in [1.165, 1.54) is 11.3 Å². The minimum atomic E-state index is -0.304. The molecule has 7 heteroatoms. The summed E-state index contributed by atoms with van der Waals surface area (Å²) in [6.45, 7) is 10.7.